The smallest absolute Gasteiger partial charge is 0.213 e. The van der Waals surface area contributed by atoms with Gasteiger partial charge in [0.25, 0.3) is 0 Å². The molecule has 45 valence electrons. The van der Waals surface area contributed by atoms with Crippen LogP contribution >= 0.6 is 12.2 Å². The van der Waals surface area contributed by atoms with E-state index in [1.54, 1.807) is 4.90 Å². The number of hydrogen-bond donors (Lipinski definition) is 0. The number of thiocarbonyl (C=S) groups is 1. The first kappa shape index (κ1) is 7.36. The molecule has 0 fully saturated rings. The molecule has 0 aliphatic carbocycles. The first-order valence-electron chi connectivity index (χ1n) is 2.09. The third-order valence-corrected chi connectivity index (χ3v) is 0.511. The lowest BCUT2D eigenvalue weighted by molar-refractivity contribution is 0.644. The highest BCUT2D eigenvalue weighted by Crippen LogP contribution is 1.70. The van der Waals surface area contributed by atoms with E-state index in [0.29, 0.717) is 0 Å². The van der Waals surface area contributed by atoms with Crippen molar-refractivity contribution in [1.82, 2.24) is 10.6 Å². The Labute approximate surface area is 54.2 Å². The van der Waals surface area contributed by atoms with Crippen LogP contribution in [0, 0.1) is 0 Å². The Morgan fingerprint density at radius 1 is 1.75 bits per heavy atom. The second-order valence-electron chi connectivity index (χ2n) is 1.51. The van der Waals surface area contributed by atoms with Gasteiger partial charge in [-0.1, -0.05) is 0 Å². The summed E-state index contributed by atoms with van der Waals surface area (Å²) in [7, 11) is 3.64. The van der Waals surface area contributed by atoms with Gasteiger partial charge in [-0.2, -0.15) is 0 Å². The SMILES string of the molecule is CN(C)C=NC([NH])=S. The van der Waals surface area contributed by atoms with Gasteiger partial charge < -0.3 is 4.90 Å². The van der Waals surface area contributed by atoms with Crippen molar-refractivity contribution >= 4 is 23.7 Å². The van der Waals surface area contributed by atoms with E-state index in [1.807, 2.05) is 14.1 Å². The molecule has 0 aromatic carbocycles. The first-order chi connectivity index (χ1) is 3.63. The molecule has 0 rings (SSSR count). The van der Waals surface area contributed by atoms with E-state index in [2.05, 4.69) is 17.2 Å². The standard InChI is InChI=1S/C4H8N3S/c1-7(2)3-6-4(5)8/h3,5H,1-2H3. The maximum absolute atomic E-state index is 6.68. The molecule has 4 heteroatoms. The quantitative estimate of drug-likeness (QED) is 0.288. The fourth-order valence-electron chi connectivity index (χ4n) is 0.168. The number of nitrogens with zero attached hydrogens (tertiary/aromatic N) is 2. The van der Waals surface area contributed by atoms with Gasteiger partial charge >= 0.3 is 0 Å². The largest absolute Gasteiger partial charge is 0.369 e. The Kier molecular flexibility index (Phi) is 3.10. The average molecular weight is 130 g/mol. The Balaban J connectivity index is 3.50. The number of nitrogens with one attached hydrogen (secondary N) is 1. The highest BCUT2D eigenvalue weighted by atomic mass is 32.1. The maximum atomic E-state index is 6.68. The van der Waals surface area contributed by atoms with Crippen molar-refractivity contribution in [2.75, 3.05) is 14.1 Å². The topological polar surface area (TPSA) is 39.4 Å². The van der Waals surface area contributed by atoms with Gasteiger partial charge in [0, 0.05) is 14.1 Å². The van der Waals surface area contributed by atoms with Gasteiger partial charge in [-0.3, -0.25) is 5.73 Å². The fraction of sp³-hybridized carbons (Fsp3) is 0.500. The van der Waals surface area contributed by atoms with Crippen LogP contribution in [-0.2, 0) is 0 Å². The molecule has 0 spiro atoms. The molecule has 0 amide bonds. The summed E-state index contributed by atoms with van der Waals surface area (Å²) in [6.07, 6.45) is 1.50. The van der Waals surface area contributed by atoms with Crippen LogP contribution < -0.4 is 5.73 Å². The lowest BCUT2D eigenvalue weighted by Crippen LogP contribution is -2.09. The second kappa shape index (κ2) is 3.37. The van der Waals surface area contributed by atoms with E-state index >= 15 is 0 Å². The normalized spacial score (nSPS) is 9.75. The molecule has 0 bridgehead atoms. The van der Waals surface area contributed by atoms with Crippen LogP contribution in [0.2, 0.25) is 0 Å². The van der Waals surface area contributed by atoms with Gasteiger partial charge in [0.2, 0.25) is 5.11 Å². The summed E-state index contributed by atoms with van der Waals surface area (Å²) in [5, 5.41) is -0.0845. The zero-order valence-electron chi connectivity index (χ0n) is 4.88. The summed E-state index contributed by atoms with van der Waals surface area (Å²) in [6.45, 7) is 0. The lowest BCUT2D eigenvalue weighted by Gasteiger charge is -1.99. The predicted molar refractivity (Wildman–Crippen MR) is 37.9 cm³/mol. The van der Waals surface area contributed by atoms with Crippen molar-refractivity contribution in [3.63, 3.8) is 0 Å². The Bertz CT molecular complexity index is 108. The van der Waals surface area contributed by atoms with Crippen LogP contribution in [-0.4, -0.2) is 30.4 Å². The number of rotatable bonds is 1. The average Bonchev–Trinajstić information content (AvgIpc) is 1.61. The van der Waals surface area contributed by atoms with Gasteiger partial charge in [0.05, 0.1) is 6.34 Å². The van der Waals surface area contributed by atoms with Crippen molar-refractivity contribution in [1.29, 1.82) is 0 Å². The second-order valence-corrected chi connectivity index (χ2v) is 1.90. The Morgan fingerprint density at radius 3 is 2.38 bits per heavy atom. The molecular formula is C4H8N3S. The zero-order valence-corrected chi connectivity index (χ0v) is 5.70. The summed E-state index contributed by atoms with van der Waals surface area (Å²) >= 11 is 4.36. The van der Waals surface area contributed by atoms with Gasteiger partial charge in [-0.05, 0) is 12.2 Å². The van der Waals surface area contributed by atoms with E-state index in [1.165, 1.54) is 6.34 Å². The van der Waals surface area contributed by atoms with E-state index in [0.717, 1.165) is 0 Å². The van der Waals surface area contributed by atoms with Crippen LogP contribution in [0.1, 0.15) is 0 Å². The number of hydrogen-bond acceptors (Lipinski definition) is 1. The van der Waals surface area contributed by atoms with Crippen LogP contribution in [0.15, 0.2) is 4.99 Å². The molecule has 0 aliphatic heterocycles. The van der Waals surface area contributed by atoms with Crippen LogP contribution in [0.5, 0.6) is 0 Å². The Morgan fingerprint density at radius 2 is 2.25 bits per heavy atom. The van der Waals surface area contributed by atoms with Crippen LogP contribution in [0.25, 0.3) is 0 Å². The summed E-state index contributed by atoms with van der Waals surface area (Å²) in [4.78, 5) is 5.25. The molecule has 0 atom stereocenters. The fourth-order valence-corrected chi connectivity index (χ4v) is 0.215. The molecule has 0 heterocycles. The molecule has 0 saturated heterocycles. The highest BCUT2D eigenvalue weighted by molar-refractivity contribution is 7.80. The van der Waals surface area contributed by atoms with E-state index in [-0.39, 0.29) is 5.11 Å². The molecule has 3 nitrogen and oxygen atoms in total. The van der Waals surface area contributed by atoms with Crippen LogP contribution in [0.3, 0.4) is 0 Å². The van der Waals surface area contributed by atoms with Crippen molar-refractivity contribution in [2.45, 2.75) is 0 Å². The molecular weight excluding hydrogens is 122 g/mol. The molecule has 0 unspecified atom stereocenters. The molecule has 0 aromatic rings. The van der Waals surface area contributed by atoms with E-state index < -0.39 is 0 Å². The third kappa shape index (κ3) is 5.36. The lowest BCUT2D eigenvalue weighted by atomic mass is 10.9. The highest BCUT2D eigenvalue weighted by Gasteiger charge is 1.78. The van der Waals surface area contributed by atoms with Gasteiger partial charge in [0.1, 0.15) is 0 Å². The minimum atomic E-state index is -0.0845. The van der Waals surface area contributed by atoms with Gasteiger partial charge in [0.15, 0.2) is 0 Å². The van der Waals surface area contributed by atoms with Gasteiger partial charge in [-0.25, -0.2) is 4.99 Å². The molecule has 0 saturated carbocycles. The summed E-state index contributed by atoms with van der Waals surface area (Å²) in [6, 6.07) is 0. The zero-order chi connectivity index (χ0) is 6.57. The van der Waals surface area contributed by atoms with Crippen LogP contribution in [0.4, 0.5) is 0 Å². The molecule has 0 aromatic heterocycles. The number of aliphatic imine (C=N–C) groups is 1. The molecule has 8 heavy (non-hydrogen) atoms. The summed E-state index contributed by atoms with van der Waals surface area (Å²) in [5.74, 6) is 0. The van der Waals surface area contributed by atoms with E-state index in [4.69, 9.17) is 5.73 Å². The van der Waals surface area contributed by atoms with Crippen molar-refractivity contribution in [3.05, 3.63) is 0 Å². The minimum Gasteiger partial charge on any atom is -0.369 e. The summed E-state index contributed by atoms with van der Waals surface area (Å²) < 4.78 is 0. The Hall–Kier alpha value is -0.640. The maximum Gasteiger partial charge on any atom is 0.213 e. The molecule has 1 N–H and O–H groups in total. The van der Waals surface area contributed by atoms with Gasteiger partial charge in [-0.15, -0.1) is 0 Å². The monoisotopic (exact) mass is 130 g/mol. The van der Waals surface area contributed by atoms with Crippen molar-refractivity contribution < 1.29 is 0 Å². The van der Waals surface area contributed by atoms with Crippen molar-refractivity contribution in [3.8, 4) is 0 Å². The van der Waals surface area contributed by atoms with Crippen molar-refractivity contribution in [2.24, 2.45) is 4.99 Å². The molecule has 0 aliphatic rings. The first-order valence-corrected chi connectivity index (χ1v) is 2.50. The third-order valence-electron chi connectivity index (χ3n) is 0.406. The molecule has 1 radical (unpaired) electrons. The van der Waals surface area contributed by atoms with E-state index in [9.17, 15) is 0 Å². The minimum absolute atomic E-state index is 0.0845. The summed E-state index contributed by atoms with van der Waals surface area (Å²) in [5.41, 5.74) is 6.68. The predicted octanol–water partition coefficient (Wildman–Crippen LogP) is 0.144.